The Bertz CT molecular complexity index is 356. The number of piperidine rings is 1. The number of nitrogens with zero attached hydrogens (tertiary/aromatic N) is 3. The summed E-state index contributed by atoms with van der Waals surface area (Å²) in [5.74, 6) is 1.05. The number of likely N-dealkylation sites (N-methyl/N-ethyl adjacent to an activating group) is 2. The number of rotatable bonds is 2. The van der Waals surface area contributed by atoms with Gasteiger partial charge in [-0.15, -0.1) is 0 Å². The van der Waals surface area contributed by atoms with Crippen molar-refractivity contribution in [3.63, 3.8) is 0 Å². The molecule has 0 aromatic carbocycles. The molecule has 1 aromatic rings. The van der Waals surface area contributed by atoms with E-state index < -0.39 is 0 Å². The summed E-state index contributed by atoms with van der Waals surface area (Å²) in [5.41, 5.74) is 0. The van der Waals surface area contributed by atoms with Crippen LogP contribution in [0.5, 0.6) is 0 Å². The molecule has 88 valence electrons. The summed E-state index contributed by atoms with van der Waals surface area (Å²) < 4.78 is 0.904. The van der Waals surface area contributed by atoms with Gasteiger partial charge in [-0.25, -0.2) is 4.98 Å². The lowest BCUT2D eigenvalue weighted by molar-refractivity contribution is 0.247. The Hall–Kier alpha value is -0.610. The van der Waals surface area contributed by atoms with Crippen molar-refractivity contribution in [1.82, 2.24) is 9.88 Å². The minimum atomic E-state index is 0.584. The highest BCUT2D eigenvalue weighted by atomic mass is 79.9. The Morgan fingerprint density at radius 1 is 1.50 bits per heavy atom. The van der Waals surface area contributed by atoms with Crippen molar-refractivity contribution >= 4 is 21.7 Å². The van der Waals surface area contributed by atoms with Crippen molar-refractivity contribution in [2.75, 3.05) is 32.1 Å². The quantitative estimate of drug-likeness (QED) is 0.777. The van der Waals surface area contributed by atoms with Crippen LogP contribution in [0.1, 0.15) is 12.8 Å². The van der Waals surface area contributed by atoms with Crippen molar-refractivity contribution in [2.24, 2.45) is 0 Å². The van der Waals surface area contributed by atoms with E-state index in [1.807, 2.05) is 12.1 Å². The van der Waals surface area contributed by atoms with E-state index in [1.54, 1.807) is 0 Å². The van der Waals surface area contributed by atoms with Crippen LogP contribution in [0.2, 0.25) is 0 Å². The summed E-state index contributed by atoms with van der Waals surface area (Å²) in [6, 6.07) is 6.65. The third-order valence-corrected chi connectivity index (χ3v) is 3.65. The number of hydrogen-bond donors (Lipinski definition) is 0. The van der Waals surface area contributed by atoms with E-state index in [-0.39, 0.29) is 0 Å². The van der Waals surface area contributed by atoms with Gasteiger partial charge in [0.2, 0.25) is 0 Å². The van der Waals surface area contributed by atoms with E-state index in [4.69, 9.17) is 0 Å². The molecular weight excluding hydrogens is 266 g/mol. The average molecular weight is 284 g/mol. The first-order chi connectivity index (χ1) is 7.66. The van der Waals surface area contributed by atoms with Crippen LogP contribution in [0, 0.1) is 0 Å². The summed E-state index contributed by atoms with van der Waals surface area (Å²) in [7, 11) is 4.33. The molecule has 1 aromatic heterocycles. The molecule has 1 saturated heterocycles. The van der Waals surface area contributed by atoms with Gasteiger partial charge in [0.25, 0.3) is 0 Å². The Morgan fingerprint density at radius 3 is 3.00 bits per heavy atom. The van der Waals surface area contributed by atoms with E-state index in [0.29, 0.717) is 6.04 Å². The summed E-state index contributed by atoms with van der Waals surface area (Å²) in [6.07, 6.45) is 2.54. The van der Waals surface area contributed by atoms with E-state index in [0.717, 1.165) is 17.0 Å². The number of hydrogen-bond acceptors (Lipinski definition) is 3. The number of halogens is 1. The Balaban J connectivity index is 2.09. The van der Waals surface area contributed by atoms with Crippen molar-refractivity contribution in [3.05, 3.63) is 22.8 Å². The first-order valence-corrected chi connectivity index (χ1v) is 6.50. The van der Waals surface area contributed by atoms with E-state index in [1.165, 1.54) is 19.4 Å². The van der Waals surface area contributed by atoms with Crippen LogP contribution in [0.15, 0.2) is 22.8 Å². The van der Waals surface area contributed by atoms with Crippen LogP contribution in [0.3, 0.4) is 0 Å². The molecule has 1 atom stereocenters. The molecule has 1 aliphatic rings. The zero-order valence-corrected chi connectivity index (χ0v) is 11.4. The second kappa shape index (κ2) is 5.15. The van der Waals surface area contributed by atoms with Crippen LogP contribution < -0.4 is 4.90 Å². The minimum absolute atomic E-state index is 0.584. The van der Waals surface area contributed by atoms with Gasteiger partial charge in [0.1, 0.15) is 10.4 Å². The normalized spacial score (nSPS) is 22.1. The number of anilines is 1. The predicted octanol–water partition coefficient (Wildman–Crippen LogP) is 2.37. The molecule has 0 N–H and O–H groups in total. The fourth-order valence-corrected chi connectivity index (χ4v) is 2.57. The van der Waals surface area contributed by atoms with Gasteiger partial charge in [0.15, 0.2) is 0 Å². The Kier molecular flexibility index (Phi) is 3.82. The molecular formula is C12H18BrN3. The van der Waals surface area contributed by atoms with Gasteiger partial charge in [-0.3, -0.25) is 0 Å². The van der Waals surface area contributed by atoms with E-state index >= 15 is 0 Å². The first-order valence-electron chi connectivity index (χ1n) is 5.71. The number of aromatic nitrogens is 1. The summed E-state index contributed by atoms with van der Waals surface area (Å²) in [4.78, 5) is 9.18. The lowest BCUT2D eigenvalue weighted by Gasteiger charge is -2.36. The van der Waals surface area contributed by atoms with Gasteiger partial charge in [0.05, 0.1) is 0 Å². The molecule has 4 heteroatoms. The Morgan fingerprint density at radius 2 is 2.31 bits per heavy atom. The molecule has 0 amide bonds. The third kappa shape index (κ3) is 2.74. The smallest absolute Gasteiger partial charge is 0.129 e. The van der Waals surface area contributed by atoms with Gasteiger partial charge in [-0.1, -0.05) is 6.07 Å². The van der Waals surface area contributed by atoms with Crippen LogP contribution in [0.4, 0.5) is 5.82 Å². The summed E-state index contributed by atoms with van der Waals surface area (Å²) in [5, 5.41) is 0. The van der Waals surface area contributed by atoms with Gasteiger partial charge in [0, 0.05) is 19.6 Å². The number of likely N-dealkylation sites (tertiary alicyclic amines) is 1. The second-order valence-corrected chi connectivity index (χ2v) is 5.30. The molecule has 1 fully saturated rings. The molecule has 1 aliphatic heterocycles. The maximum Gasteiger partial charge on any atom is 0.129 e. The molecule has 0 spiro atoms. The highest BCUT2D eigenvalue weighted by Crippen LogP contribution is 2.20. The van der Waals surface area contributed by atoms with Crippen molar-refractivity contribution in [1.29, 1.82) is 0 Å². The fourth-order valence-electron chi connectivity index (χ4n) is 2.24. The third-order valence-electron chi connectivity index (χ3n) is 3.21. The summed E-state index contributed by atoms with van der Waals surface area (Å²) in [6.45, 7) is 2.35. The molecule has 0 radical (unpaired) electrons. The average Bonchev–Trinajstić information content (AvgIpc) is 2.28. The van der Waals surface area contributed by atoms with Crippen LogP contribution in [-0.2, 0) is 0 Å². The molecule has 2 heterocycles. The van der Waals surface area contributed by atoms with E-state index in [9.17, 15) is 0 Å². The largest absolute Gasteiger partial charge is 0.355 e. The Labute approximate surface area is 106 Å². The SMILES string of the molecule is CN1CCCC(N(C)c2cccc(Br)n2)C1. The molecule has 0 bridgehead atoms. The molecule has 3 nitrogen and oxygen atoms in total. The fraction of sp³-hybridized carbons (Fsp3) is 0.583. The second-order valence-electron chi connectivity index (χ2n) is 4.49. The lowest BCUT2D eigenvalue weighted by atomic mass is 10.1. The van der Waals surface area contributed by atoms with Crippen LogP contribution in [-0.4, -0.2) is 43.1 Å². The molecule has 0 aliphatic carbocycles. The van der Waals surface area contributed by atoms with Crippen molar-refractivity contribution in [2.45, 2.75) is 18.9 Å². The van der Waals surface area contributed by atoms with Gasteiger partial charge >= 0.3 is 0 Å². The van der Waals surface area contributed by atoms with Crippen molar-refractivity contribution < 1.29 is 0 Å². The summed E-state index contributed by atoms with van der Waals surface area (Å²) >= 11 is 3.42. The van der Waals surface area contributed by atoms with Gasteiger partial charge < -0.3 is 9.80 Å². The highest BCUT2D eigenvalue weighted by Gasteiger charge is 2.21. The molecule has 2 rings (SSSR count). The zero-order chi connectivity index (χ0) is 11.5. The van der Waals surface area contributed by atoms with Crippen molar-refractivity contribution in [3.8, 4) is 0 Å². The minimum Gasteiger partial charge on any atom is -0.355 e. The predicted molar refractivity (Wildman–Crippen MR) is 70.9 cm³/mol. The molecule has 16 heavy (non-hydrogen) atoms. The zero-order valence-electron chi connectivity index (χ0n) is 9.86. The van der Waals surface area contributed by atoms with Crippen LogP contribution in [0.25, 0.3) is 0 Å². The molecule has 1 unspecified atom stereocenters. The first kappa shape index (κ1) is 11.9. The van der Waals surface area contributed by atoms with Gasteiger partial charge in [-0.05, 0) is 54.5 Å². The standard InChI is InChI=1S/C12H18BrN3/c1-15-8-4-5-10(9-15)16(2)12-7-3-6-11(13)14-12/h3,6-7,10H,4-5,8-9H2,1-2H3. The molecule has 0 saturated carbocycles. The number of pyridine rings is 1. The van der Waals surface area contributed by atoms with E-state index in [2.05, 4.69) is 50.9 Å². The highest BCUT2D eigenvalue weighted by molar-refractivity contribution is 9.10. The maximum atomic E-state index is 4.50. The lowest BCUT2D eigenvalue weighted by Crippen LogP contribution is -2.45. The topological polar surface area (TPSA) is 19.4 Å². The maximum absolute atomic E-state index is 4.50. The van der Waals surface area contributed by atoms with Crippen LogP contribution >= 0.6 is 15.9 Å². The monoisotopic (exact) mass is 283 g/mol. The van der Waals surface area contributed by atoms with Gasteiger partial charge in [-0.2, -0.15) is 0 Å².